The molecule has 0 bridgehead atoms. The summed E-state index contributed by atoms with van der Waals surface area (Å²) in [6.45, 7) is 5.50. The third-order valence-corrected chi connectivity index (χ3v) is 3.77. The molecular formula is C14H25N3. The SMILES string of the molecule is CCCNC(C)c1cnn(C2CCCCC2)c1. The summed E-state index contributed by atoms with van der Waals surface area (Å²) in [5.74, 6) is 0. The van der Waals surface area contributed by atoms with E-state index in [-0.39, 0.29) is 0 Å². The first-order chi connectivity index (χ1) is 8.31. The number of aromatic nitrogens is 2. The van der Waals surface area contributed by atoms with Crippen molar-refractivity contribution in [3.63, 3.8) is 0 Å². The third kappa shape index (κ3) is 3.32. The van der Waals surface area contributed by atoms with Crippen molar-refractivity contribution in [1.29, 1.82) is 0 Å². The Hall–Kier alpha value is -0.830. The zero-order valence-electron chi connectivity index (χ0n) is 11.2. The predicted octanol–water partition coefficient (Wildman–Crippen LogP) is 3.45. The molecule has 1 aliphatic carbocycles. The Bertz CT molecular complexity index is 326. The summed E-state index contributed by atoms with van der Waals surface area (Å²) < 4.78 is 2.19. The number of hydrogen-bond acceptors (Lipinski definition) is 2. The van der Waals surface area contributed by atoms with Crippen molar-refractivity contribution in [3.05, 3.63) is 18.0 Å². The van der Waals surface area contributed by atoms with E-state index in [9.17, 15) is 0 Å². The molecule has 0 amide bonds. The molecular weight excluding hydrogens is 210 g/mol. The molecule has 1 atom stereocenters. The number of nitrogens with zero attached hydrogens (tertiary/aromatic N) is 2. The highest BCUT2D eigenvalue weighted by molar-refractivity contribution is 5.09. The van der Waals surface area contributed by atoms with Gasteiger partial charge in [-0.3, -0.25) is 4.68 Å². The molecule has 0 aliphatic heterocycles. The van der Waals surface area contributed by atoms with Crippen molar-refractivity contribution in [1.82, 2.24) is 15.1 Å². The van der Waals surface area contributed by atoms with Crippen LogP contribution in [0.25, 0.3) is 0 Å². The van der Waals surface area contributed by atoms with E-state index in [1.807, 2.05) is 6.20 Å². The van der Waals surface area contributed by atoms with E-state index in [0.29, 0.717) is 12.1 Å². The third-order valence-electron chi connectivity index (χ3n) is 3.77. The smallest absolute Gasteiger partial charge is 0.0537 e. The maximum absolute atomic E-state index is 4.55. The molecule has 1 aromatic heterocycles. The van der Waals surface area contributed by atoms with Crippen LogP contribution in [0.5, 0.6) is 0 Å². The predicted molar refractivity (Wildman–Crippen MR) is 71.1 cm³/mol. The summed E-state index contributed by atoms with van der Waals surface area (Å²) in [6, 6.07) is 1.07. The van der Waals surface area contributed by atoms with Gasteiger partial charge in [0.1, 0.15) is 0 Å². The minimum Gasteiger partial charge on any atom is -0.310 e. The van der Waals surface area contributed by atoms with Crippen LogP contribution in [-0.4, -0.2) is 16.3 Å². The summed E-state index contributed by atoms with van der Waals surface area (Å²) in [5.41, 5.74) is 1.32. The first kappa shape index (κ1) is 12.6. The van der Waals surface area contributed by atoms with E-state index in [4.69, 9.17) is 0 Å². The lowest BCUT2D eigenvalue weighted by Crippen LogP contribution is -2.19. The van der Waals surface area contributed by atoms with E-state index in [1.54, 1.807) is 0 Å². The molecule has 0 saturated heterocycles. The molecule has 1 aliphatic rings. The van der Waals surface area contributed by atoms with Crippen LogP contribution in [0.2, 0.25) is 0 Å². The second-order valence-electron chi connectivity index (χ2n) is 5.22. The minimum absolute atomic E-state index is 0.423. The summed E-state index contributed by atoms with van der Waals surface area (Å²) >= 11 is 0. The molecule has 96 valence electrons. The molecule has 1 unspecified atom stereocenters. The molecule has 1 heterocycles. The van der Waals surface area contributed by atoms with E-state index >= 15 is 0 Å². The topological polar surface area (TPSA) is 29.9 Å². The maximum atomic E-state index is 4.55. The van der Waals surface area contributed by atoms with Gasteiger partial charge in [-0.25, -0.2) is 0 Å². The van der Waals surface area contributed by atoms with Crippen LogP contribution in [-0.2, 0) is 0 Å². The fourth-order valence-electron chi connectivity index (χ4n) is 2.60. The van der Waals surface area contributed by atoms with Gasteiger partial charge in [-0.2, -0.15) is 5.10 Å². The molecule has 0 spiro atoms. The molecule has 1 fully saturated rings. The Morgan fingerprint density at radius 3 is 2.88 bits per heavy atom. The van der Waals surface area contributed by atoms with Gasteiger partial charge in [-0.1, -0.05) is 26.2 Å². The summed E-state index contributed by atoms with van der Waals surface area (Å²) in [7, 11) is 0. The number of nitrogens with one attached hydrogen (secondary N) is 1. The maximum Gasteiger partial charge on any atom is 0.0537 e. The Morgan fingerprint density at radius 1 is 1.41 bits per heavy atom. The van der Waals surface area contributed by atoms with Crippen LogP contribution in [0.3, 0.4) is 0 Å². The summed E-state index contributed by atoms with van der Waals surface area (Å²) in [6.07, 6.45) is 12.2. The van der Waals surface area contributed by atoms with E-state index in [1.165, 1.54) is 44.1 Å². The second kappa shape index (κ2) is 6.20. The lowest BCUT2D eigenvalue weighted by molar-refractivity contribution is 0.329. The average Bonchev–Trinajstić information content (AvgIpc) is 2.86. The molecule has 1 N–H and O–H groups in total. The van der Waals surface area contributed by atoms with Crippen LogP contribution in [0, 0.1) is 0 Å². The lowest BCUT2D eigenvalue weighted by Gasteiger charge is -2.21. The molecule has 0 aromatic carbocycles. The quantitative estimate of drug-likeness (QED) is 0.847. The van der Waals surface area contributed by atoms with Crippen LogP contribution in [0.1, 0.15) is 70.0 Å². The molecule has 3 heteroatoms. The van der Waals surface area contributed by atoms with Gasteiger partial charge in [0.05, 0.1) is 12.2 Å². The highest BCUT2D eigenvalue weighted by Crippen LogP contribution is 2.28. The van der Waals surface area contributed by atoms with Crippen molar-refractivity contribution < 1.29 is 0 Å². The Balaban J connectivity index is 1.94. The first-order valence-electron chi connectivity index (χ1n) is 7.08. The normalized spacial score (nSPS) is 19.4. The van der Waals surface area contributed by atoms with Gasteiger partial charge in [0.2, 0.25) is 0 Å². The monoisotopic (exact) mass is 235 g/mol. The minimum atomic E-state index is 0.423. The van der Waals surface area contributed by atoms with Gasteiger partial charge in [0, 0.05) is 17.8 Å². The second-order valence-corrected chi connectivity index (χ2v) is 5.22. The van der Waals surface area contributed by atoms with Gasteiger partial charge in [0.25, 0.3) is 0 Å². The van der Waals surface area contributed by atoms with Crippen molar-refractivity contribution in [2.75, 3.05) is 6.54 Å². The average molecular weight is 235 g/mol. The Kier molecular flexibility index (Phi) is 4.60. The molecule has 2 rings (SSSR count). The van der Waals surface area contributed by atoms with Gasteiger partial charge >= 0.3 is 0 Å². The molecule has 0 radical (unpaired) electrons. The molecule has 3 nitrogen and oxygen atoms in total. The first-order valence-corrected chi connectivity index (χ1v) is 7.08. The summed E-state index contributed by atoms with van der Waals surface area (Å²) in [5, 5.41) is 8.06. The highest BCUT2D eigenvalue weighted by Gasteiger charge is 2.17. The number of hydrogen-bond donors (Lipinski definition) is 1. The van der Waals surface area contributed by atoms with Gasteiger partial charge < -0.3 is 5.32 Å². The summed E-state index contributed by atoms with van der Waals surface area (Å²) in [4.78, 5) is 0. The van der Waals surface area contributed by atoms with Crippen molar-refractivity contribution in [3.8, 4) is 0 Å². The standard InChI is InChI=1S/C14H25N3/c1-3-9-15-12(2)13-10-16-17(11-13)14-7-5-4-6-8-14/h10-12,14-15H,3-9H2,1-2H3. The Labute approximate surface area is 105 Å². The van der Waals surface area contributed by atoms with Gasteiger partial charge in [-0.05, 0) is 32.7 Å². The van der Waals surface area contributed by atoms with Crippen molar-refractivity contribution in [2.24, 2.45) is 0 Å². The van der Waals surface area contributed by atoms with Gasteiger partial charge in [0.15, 0.2) is 0 Å². The zero-order valence-corrected chi connectivity index (χ0v) is 11.2. The van der Waals surface area contributed by atoms with E-state index in [0.717, 1.165) is 6.54 Å². The fraction of sp³-hybridized carbons (Fsp3) is 0.786. The lowest BCUT2D eigenvalue weighted by atomic mass is 9.96. The largest absolute Gasteiger partial charge is 0.310 e. The molecule has 17 heavy (non-hydrogen) atoms. The number of rotatable bonds is 5. The van der Waals surface area contributed by atoms with E-state index < -0.39 is 0 Å². The van der Waals surface area contributed by atoms with Crippen molar-refractivity contribution in [2.45, 2.75) is 64.5 Å². The molecule has 1 aromatic rings. The van der Waals surface area contributed by atoms with Gasteiger partial charge in [-0.15, -0.1) is 0 Å². The Morgan fingerprint density at radius 2 is 2.18 bits per heavy atom. The van der Waals surface area contributed by atoms with Crippen LogP contribution in [0.4, 0.5) is 0 Å². The highest BCUT2D eigenvalue weighted by atomic mass is 15.3. The zero-order chi connectivity index (χ0) is 12.1. The fourth-order valence-corrected chi connectivity index (χ4v) is 2.60. The van der Waals surface area contributed by atoms with Crippen molar-refractivity contribution >= 4 is 0 Å². The molecule has 1 saturated carbocycles. The van der Waals surface area contributed by atoms with Crippen LogP contribution >= 0.6 is 0 Å². The van der Waals surface area contributed by atoms with Crippen LogP contribution in [0.15, 0.2) is 12.4 Å². The van der Waals surface area contributed by atoms with Crippen LogP contribution < -0.4 is 5.32 Å². The van der Waals surface area contributed by atoms with E-state index in [2.05, 4.69) is 35.1 Å².